The molecular weight excluding hydrogens is 346 g/mol. The van der Waals surface area contributed by atoms with Crippen molar-refractivity contribution in [1.82, 2.24) is 19.5 Å². The fourth-order valence-electron chi connectivity index (χ4n) is 3.70. The molecule has 5 heteroatoms. The summed E-state index contributed by atoms with van der Waals surface area (Å²) >= 11 is 0. The Kier molecular flexibility index (Phi) is 3.95. The SMILES string of the molecule is N#Cc1ccc(Cc2cncn2CC2c3ccc(cc3)-c3ncc2cn3)cc1. The van der Waals surface area contributed by atoms with Gasteiger partial charge in [-0.2, -0.15) is 5.26 Å². The standard InChI is InChI=1S/C23H17N5/c24-10-17-3-1-16(2-4-17)9-21-13-25-15-28(21)14-22-18-5-7-19(8-6-18)23-26-11-20(22)12-27-23/h1-8,11-13,15,22H,9,14H2. The summed E-state index contributed by atoms with van der Waals surface area (Å²) in [6.45, 7) is 0.771. The Morgan fingerprint density at radius 1 is 0.893 bits per heavy atom. The average molecular weight is 363 g/mol. The molecule has 8 rings (SSSR count). The lowest BCUT2D eigenvalue weighted by Gasteiger charge is -2.19. The molecule has 2 aromatic heterocycles. The summed E-state index contributed by atoms with van der Waals surface area (Å²) in [5.74, 6) is 0.926. The zero-order valence-corrected chi connectivity index (χ0v) is 15.2. The molecule has 0 aliphatic carbocycles. The number of aromatic nitrogens is 4. The van der Waals surface area contributed by atoms with Crippen LogP contribution in [0.1, 0.15) is 33.9 Å². The van der Waals surface area contributed by atoms with Crippen molar-refractivity contribution in [3.63, 3.8) is 0 Å². The molecule has 28 heavy (non-hydrogen) atoms. The second kappa shape index (κ2) is 6.75. The maximum absolute atomic E-state index is 8.97. The van der Waals surface area contributed by atoms with Gasteiger partial charge in [0.1, 0.15) is 0 Å². The lowest BCUT2D eigenvalue weighted by Crippen LogP contribution is -2.13. The number of rotatable bonds is 4. The first-order valence-corrected chi connectivity index (χ1v) is 9.20. The molecule has 134 valence electrons. The molecule has 0 saturated heterocycles. The summed E-state index contributed by atoms with van der Waals surface area (Å²) in [7, 11) is 0. The van der Waals surface area contributed by atoms with E-state index in [1.165, 1.54) is 5.56 Å². The monoisotopic (exact) mass is 363 g/mol. The van der Waals surface area contributed by atoms with Crippen LogP contribution in [0.15, 0.2) is 73.4 Å². The normalized spacial score (nSPS) is 14.3. The first kappa shape index (κ1) is 16.4. The Morgan fingerprint density at radius 3 is 2.36 bits per heavy atom. The summed E-state index contributed by atoms with van der Waals surface area (Å²) in [6.07, 6.45) is 8.44. The number of hydrogen-bond donors (Lipinski definition) is 0. The minimum atomic E-state index is 0.162. The third-order valence-corrected chi connectivity index (χ3v) is 5.29. The zero-order valence-electron chi connectivity index (χ0n) is 15.2. The molecule has 6 heterocycles. The molecule has 0 fully saturated rings. The van der Waals surface area contributed by atoms with Crippen LogP contribution in [-0.4, -0.2) is 19.5 Å². The van der Waals surface area contributed by atoms with E-state index in [-0.39, 0.29) is 5.92 Å². The molecule has 1 atom stereocenters. The van der Waals surface area contributed by atoms with E-state index in [1.807, 2.05) is 49.2 Å². The van der Waals surface area contributed by atoms with E-state index in [1.54, 1.807) is 0 Å². The Bertz CT molecular complexity index is 1100. The number of imidazole rings is 1. The Balaban J connectivity index is 1.46. The Labute approximate surface area is 163 Å². The van der Waals surface area contributed by atoms with Gasteiger partial charge in [-0.1, -0.05) is 36.4 Å². The lowest BCUT2D eigenvalue weighted by molar-refractivity contribution is 0.603. The van der Waals surface area contributed by atoms with Gasteiger partial charge < -0.3 is 4.57 Å². The van der Waals surface area contributed by atoms with Gasteiger partial charge in [-0.15, -0.1) is 0 Å². The van der Waals surface area contributed by atoms with Gasteiger partial charge in [0, 0.05) is 48.7 Å². The topological polar surface area (TPSA) is 67.4 Å². The summed E-state index contributed by atoms with van der Waals surface area (Å²) in [5, 5.41) is 8.97. The van der Waals surface area contributed by atoms with Crippen molar-refractivity contribution < 1.29 is 0 Å². The van der Waals surface area contributed by atoms with Crippen molar-refractivity contribution >= 4 is 0 Å². The van der Waals surface area contributed by atoms with E-state index >= 15 is 0 Å². The fraction of sp³-hybridized carbons (Fsp3) is 0.130. The van der Waals surface area contributed by atoms with Crippen molar-refractivity contribution in [1.29, 1.82) is 5.26 Å². The highest BCUT2D eigenvalue weighted by Crippen LogP contribution is 2.31. The van der Waals surface area contributed by atoms with Crippen molar-refractivity contribution in [2.75, 3.05) is 0 Å². The molecule has 2 aromatic carbocycles. The maximum atomic E-state index is 8.97. The highest BCUT2D eigenvalue weighted by molar-refractivity contribution is 5.57. The second-order valence-electron chi connectivity index (χ2n) is 7.04. The molecular formula is C23H17N5. The van der Waals surface area contributed by atoms with Gasteiger partial charge in [-0.25, -0.2) is 15.0 Å². The molecule has 0 amide bonds. The molecule has 4 bridgehead atoms. The summed E-state index contributed by atoms with van der Waals surface area (Å²) in [5.41, 5.74) is 6.37. The number of nitriles is 1. The fourth-order valence-corrected chi connectivity index (χ4v) is 3.70. The first-order chi connectivity index (χ1) is 13.8. The van der Waals surface area contributed by atoms with Crippen LogP contribution in [0.2, 0.25) is 0 Å². The van der Waals surface area contributed by atoms with E-state index in [9.17, 15) is 0 Å². The molecule has 0 saturated carbocycles. The highest BCUT2D eigenvalue weighted by atomic mass is 15.0. The zero-order chi connectivity index (χ0) is 18.9. The molecule has 5 nitrogen and oxygen atoms in total. The predicted molar refractivity (Wildman–Crippen MR) is 106 cm³/mol. The van der Waals surface area contributed by atoms with Gasteiger partial charge in [-0.3, -0.25) is 0 Å². The van der Waals surface area contributed by atoms with Crippen LogP contribution in [0, 0.1) is 11.3 Å². The number of hydrogen-bond acceptors (Lipinski definition) is 4. The molecule has 0 radical (unpaired) electrons. The van der Waals surface area contributed by atoms with Crippen LogP contribution in [0.5, 0.6) is 0 Å². The Hall–Kier alpha value is -3.78. The van der Waals surface area contributed by atoms with Crippen LogP contribution in [0.3, 0.4) is 0 Å². The van der Waals surface area contributed by atoms with Crippen LogP contribution in [0.25, 0.3) is 11.4 Å². The van der Waals surface area contributed by atoms with Gasteiger partial charge in [0.05, 0.1) is 18.0 Å². The number of nitrogens with zero attached hydrogens (tertiary/aromatic N) is 5. The van der Waals surface area contributed by atoms with E-state index in [0.29, 0.717) is 5.56 Å². The summed E-state index contributed by atoms with van der Waals surface area (Å²) in [4.78, 5) is 13.4. The summed E-state index contributed by atoms with van der Waals surface area (Å²) < 4.78 is 2.20. The van der Waals surface area contributed by atoms with Gasteiger partial charge in [0.25, 0.3) is 0 Å². The van der Waals surface area contributed by atoms with E-state index in [4.69, 9.17) is 5.26 Å². The Morgan fingerprint density at radius 2 is 1.64 bits per heavy atom. The maximum Gasteiger partial charge on any atom is 0.159 e. The van der Waals surface area contributed by atoms with Crippen molar-refractivity contribution in [2.45, 2.75) is 18.9 Å². The molecule has 1 unspecified atom stereocenters. The van der Waals surface area contributed by atoms with Crippen LogP contribution in [0.4, 0.5) is 0 Å². The van der Waals surface area contributed by atoms with Crippen molar-refractivity contribution in [3.05, 3.63) is 101 Å². The van der Waals surface area contributed by atoms with Gasteiger partial charge in [0.15, 0.2) is 5.82 Å². The third kappa shape index (κ3) is 2.95. The van der Waals surface area contributed by atoms with Crippen LogP contribution < -0.4 is 0 Å². The van der Waals surface area contributed by atoms with Crippen LogP contribution in [-0.2, 0) is 13.0 Å². The molecule has 0 spiro atoms. The predicted octanol–water partition coefficient (Wildman–Crippen LogP) is 3.95. The average Bonchev–Trinajstić information content (AvgIpc) is 3.25. The molecule has 0 N–H and O–H groups in total. The van der Waals surface area contributed by atoms with Gasteiger partial charge in [0.2, 0.25) is 0 Å². The minimum absolute atomic E-state index is 0.162. The molecule has 4 aliphatic rings. The summed E-state index contributed by atoms with van der Waals surface area (Å²) in [6, 6.07) is 18.4. The van der Waals surface area contributed by atoms with E-state index < -0.39 is 0 Å². The lowest BCUT2D eigenvalue weighted by atomic mass is 9.93. The van der Waals surface area contributed by atoms with Gasteiger partial charge in [-0.05, 0) is 28.8 Å². The van der Waals surface area contributed by atoms with E-state index in [2.05, 4.69) is 49.9 Å². The van der Waals surface area contributed by atoms with Gasteiger partial charge >= 0.3 is 0 Å². The molecule has 4 aliphatic heterocycles. The molecule has 4 aromatic rings. The smallest absolute Gasteiger partial charge is 0.159 e. The number of benzene rings is 2. The second-order valence-corrected chi connectivity index (χ2v) is 7.04. The van der Waals surface area contributed by atoms with Crippen molar-refractivity contribution in [3.8, 4) is 17.5 Å². The van der Waals surface area contributed by atoms with Crippen molar-refractivity contribution in [2.24, 2.45) is 0 Å². The quantitative estimate of drug-likeness (QED) is 0.551. The minimum Gasteiger partial charge on any atom is -0.333 e. The van der Waals surface area contributed by atoms with Crippen LogP contribution >= 0.6 is 0 Å². The highest BCUT2D eigenvalue weighted by Gasteiger charge is 2.20. The van der Waals surface area contributed by atoms with E-state index in [0.717, 1.165) is 41.2 Å². The third-order valence-electron chi connectivity index (χ3n) is 5.29. The first-order valence-electron chi connectivity index (χ1n) is 9.20. The largest absolute Gasteiger partial charge is 0.333 e.